The second kappa shape index (κ2) is 11.0. The molecule has 0 saturated heterocycles. The molecule has 29 heavy (non-hydrogen) atoms. The van der Waals surface area contributed by atoms with Gasteiger partial charge in [-0.15, -0.1) is 0 Å². The van der Waals surface area contributed by atoms with E-state index in [0.29, 0.717) is 19.4 Å². The Bertz CT molecular complexity index is 807. The number of nitrogens with zero attached hydrogens (tertiary/aromatic N) is 1. The summed E-state index contributed by atoms with van der Waals surface area (Å²) in [5.41, 5.74) is 1.22. The van der Waals surface area contributed by atoms with Crippen LogP contribution >= 0.6 is 11.6 Å². The van der Waals surface area contributed by atoms with Crippen molar-refractivity contribution in [1.82, 2.24) is 10.2 Å². The lowest BCUT2D eigenvalue weighted by Crippen LogP contribution is -2.51. The van der Waals surface area contributed by atoms with Gasteiger partial charge in [-0.05, 0) is 44.4 Å². The van der Waals surface area contributed by atoms with Crippen molar-refractivity contribution in [1.29, 1.82) is 0 Å². The summed E-state index contributed by atoms with van der Waals surface area (Å²) in [5, 5.41) is 3.09. The van der Waals surface area contributed by atoms with Gasteiger partial charge in [0.2, 0.25) is 11.8 Å². The molecule has 156 valence electrons. The second-order valence-electron chi connectivity index (χ2n) is 7.29. The zero-order valence-electron chi connectivity index (χ0n) is 17.1. The van der Waals surface area contributed by atoms with E-state index < -0.39 is 11.9 Å². The number of nitrogens with one attached hydrogen (secondary N) is 1. The predicted octanol–water partition coefficient (Wildman–Crippen LogP) is 4.40. The number of benzene rings is 2. The third-order valence-corrected chi connectivity index (χ3v) is 5.04. The van der Waals surface area contributed by atoms with E-state index in [1.807, 2.05) is 51.1 Å². The molecule has 0 unspecified atom stereocenters. The smallest absolute Gasteiger partial charge is 0.242 e. The maximum Gasteiger partial charge on any atom is 0.242 e. The van der Waals surface area contributed by atoms with Crippen molar-refractivity contribution >= 4 is 23.4 Å². The summed E-state index contributed by atoms with van der Waals surface area (Å²) in [4.78, 5) is 27.4. The van der Waals surface area contributed by atoms with Crippen LogP contribution < -0.4 is 5.32 Å². The van der Waals surface area contributed by atoms with Crippen LogP contribution in [0.5, 0.6) is 0 Å². The van der Waals surface area contributed by atoms with E-state index in [4.69, 9.17) is 11.6 Å². The molecule has 2 amide bonds. The Hall–Kier alpha value is -2.40. The Balaban J connectivity index is 2.26. The summed E-state index contributed by atoms with van der Waals surface area (Å²) in [6.07, 6.45) is 0.874. The van der Waals surface area contributed by atoms with Crippen molar-refractivity contribution in [2.24, 2.45) is 0 Å². The molecule has 0 heterocycles. The van der Waals surface area contributed by atoms with Gasteiger partial charge in [0.25, 0.3) is 0 Å². The lowest BCUT2D eigenvalue weighted by atomic mass is 10.1. The van der Waals surface area contributed by atoms with E-state index in [2.05, 4.69) is 5.32 Å². The molecule has 0 fully saturated rings. The lowest BCUT2D eigenvalue weighted by molar-refractivity contribution is -0.140. The van der Waals surface area contributed by atoms with Crippen LogP contribution in [0.25, 0.3) is 0 Å². The molecule has 0 aliphatic heterocycles. The molecule has 0 aliphatic carbocycles. The number of amides is 2. The van der Waals surface area contributed by atoms with Gasteiger partial charge in [-0.1, -0.05) is 54.9 Å². The minimum absolute atomic E-state index is 0.0383. The first-order valence-corrected chi connectivity index (χ1v) is 10.3. The normalized spacial score (nSPS) is 11.9. The van der Waals surface area contributed by atoms with E-state index >= 15 is 0 Å². The Morgan fingerprint density at radius 2 is 1.79 bits per heavy atom. The zero-order chi connectivity index (χ0) is 21.4. The van der Waals surface area contributed by atoms with Crippen LogP contribution in [0, 0.1) is 5.82 Å². The summed E-state index contributed by atoms with van der Waals surface area (Å²) in [6.45, 7) is 5.97. The van der Waals surface area contributed by atoms with Crippen LogP contribution in [0.1, 0.15) is 38.3 Å². The van der Waals surface area contributed by atoms with Gasteiger partial charge in [0.1, 0.15) is 11.9 Å². The quantitative estimate of drug-likeness (QED) is 0.656. The monoisotopic (exact) mass is 418 g/mol. The Labute approximate surface area is 177 Å². The largest absolute Gasteiger partial charge is 0.352 e. The average Bonchev–Trinajstić information content (AvgIpc) is 2.68. The molecule has 4 nitrogen and oxygen atoms in total. The number of carbonyl (C=O) groups is 2. The minimum atomic E-state index is -0.626. The first-order chi connectivity index (χ1) is 13.8. The SMILES string of the molecule is CC[C@H](C(=O)NC(C)C)N(CCc1ccccc1)C(=O)Cc1c(F)cccc1Cl. The fraction of sp³-hybridized carbons (Fsp3) is 0.391. The molecule has 1 N–H and O–H groups in total. The molecule has 2 aromatic rings. The minimum Gasteiger partial charge on any atom is -0.352 e. The van der Waals surface area contributed by atoms with Crippen LogP contribution in [0.15, 0.2) is 48.5 Å². The van der Waals surface area contributed by atoms with E-state index in [9.17, 15) is 14.0 Å². The molecule has 0 bridgehead atoms. The van der Waals surface area contributed by atoms with E-state index in [-0.39, 0.29) is 34.9 Å². The van der Waals surface area contributed by atoms with Crippen molar-refractivity contribution in [2.75, 3.05) is 6.54 Å². The molecule has 2 aromatic carbocycles. The summed E-state index contributed by atoms with van der Waals surface area (Å²) >= 11 is 6.11. The molecule has 1 atom stereocenters. The van der Waals surface area contributed by atoms with Gasteiger partial charge >= 0.3 is 0 Å². The van der Waals surface area contributed by atoms with E-state index in [1.165, 1.54) is 12.1 Å². The molecule has 0 saturated carbocycles. The topological polar surface area (TPSA) is 49.4 Å². The van der Waals surface area contributed by atoms with Crippen LogP contribution in [0.4, 0.5) is 4.39 Å². The van der Waals surface area contributed by atoms with Crippen LogP contribution in [0.2, 0.25) is 5.02 Å². The van der Waals surface area contributed by atoms with Gasteiger partial charge in [-0.25, -0.2) is 4.39 Å². The standard InChI is InChI=1S/C23H28ClFN2O2/c1-4-21(23(29)26-16(2)3)27(14-13-17-9-6-5-7-10-17)22(28)15-18-19(24)11-8-12-20(18)25/h5-12,16,21H,4,13-15H2,1-3H3,(H,26,29)/t21-/m1/s1. The molecular weight excluding hydrogens is 391 g/mol. The highest BCUT2D eigenvalue weighted by Gasteiger charge is 2.29. The highest BCUT2D eigenvalue weighted by atomic mass is 35.5. The second-order valence-corrected chi connectivity index (χ2v) is 7.69. The summed E-state index contributed by atoms with van der Waals surface area (Å²) in [6, 6.07) is 13.4. The maximum atomic E-state index is 14.2. The number of carbonyl (C=O) groups excluding carboxylic acids is 2. The van der Waals surface area contributed by atoms with Gasteiger partial charge in [0.05, 0.1) is 6.42 Å². The van der Waals surface area contributed by atoms with Gasteiger partial charge in [0, 0.05) is 23.2 Å². The third-order valence-electron chi connectivity index (χ3n) is 4.69. The van der Waals surface area contributed by atoms with Crippen LogP contribution in [-0.2, 0) is 22.4 Å². The molecule has 2 rings (SSSR count). The number of halogens is 2. The zero-order valence-corrected chi connectivity index (χ0v) is 17.9. The Kier molecular flexibility index (Phi) is 8.65. The first kappa shape index (κ1) is 22.9. The average molecular weight is 419 g/mol. The fourth-order valence-electron chi connectivity index (χ4n) is 3.23. The summed E-state index contributed by atoms with van der Waals surface area (Å²) in [5.74, 6) is -1.05. The Morgan fingerprint density at radius 1 is 1.10 bits per heavy atom. The van der Waals surface area contributed by atoms with Gasteiger partial charge in [-0.2, -0.15) is 0 Å². The van der Waals surface area contributed by atoms with Crippen molar-refractivity contribution < 1.29 is 14.0 Å². The van der Waals surface area contributed by atoms with Gasteiger partial charge < -0.3 is 10.2 Å². The van der Waals surface area contributed by atoms with Gasteiger partial charge in [-0.3, -0.25) is 9.59 Å². The fourth-order valence-corrected chi connectivity index (χ4v) is 3.46. The van der Waals surface area contributed by atoms with Crippen molar-refractivity contribution in [3.8, 4) is 0 Å². The summed E-state index contributed by atoms with van der Waals surface area (Å²) in [7, 11) is 0. The van der Waals surface area contributed by atoms with Crippen molar-refractivity contribution in [2.45, 2.75) is 52.1 Å². The molecule has 0 aliphatic rings. The van der Waals surface area contributed by atoms with E-state index in [1.54, 1.807) is 11.0 Å². The van der Waals surface area contributed by atoms with Crippen molar-refractivity contribution in [3.63, 3.8) is 0 Å². The summed E-state index contributed by atoms with van der Waals surface area (Å²) < 4.78 is 14.2. The molecule has 6 heteroatoms. The van der Waals surface area contributed by atoms with Crippen LogP contribution in [0.3, 0.4) is 0 Å². The third kappa shape index (κ3) is 6.57. The predicted molar refractivity (Wildman–Crippen MR) is 114 cm³/mol. The maximum absolute atomic E-state index is 14.2. The number of hydrogen-bond donors (Lipinski definition) is 1. The molecule has 0 aromatic heterocycles. The van der Waals surface area contributed by atoms with Crippen molar-refractivity contribution in [3.05, 3.63) is 70.5 Å². The lowest BCUT2D eigenvalue weighted by Gasteiger charge is -2.31. The number of rotatable bonds is 9. The first-order valence-electron chi connectivity index (χ1n) is 9.90. The molecule has 0 spiro atoms. The Morgan fingerprint density at radius 3 is 2.38 bits per heavy atom. The van der Waals surface area contributed by atoms with Crippen LogP contribution in [-0.4, -0.2) is 35.3 Å². The molecule has 0 radical (unpaired) electrons. The highest BCUT2D eigenvalue weighted by molar-refractivity contribution is 6.31. The molecular formula is C23H28ClFN2O2. The van der Waals surface area contributed by atoms with E-state index in [0.717, 1.165) is 5.56 Å². The highest BCUT2D eigenvalue weighted by Crippen LogP contribution is 2.21. The van der Waals surface area contributed by atoms with Gasteiger partial charge in [0.15, 0.2) is 0 Å². The number of hydrogen-bond acceptors (Lipinski definition) is 2.